The van der Waals surface area contributed by atoms with E-state index in [4.69, 9.17) is 20.9 Å². The molecule has 0 saturated heterocycles. The number of anilines is 2. The summed E-state index contributed by atoms with van der Waals surface area (Å²) in [6.45, 7) is 3.76. The Morgan fingerprint density at radius 3 is 0.958 bits per heavy atom. The van der Waals surface area contributed by atoms with Crippen molar-refractivity contribution in [3.8, 4) is 34.1 Å². The van der Waals surface area contributed by atoms with Gasteiger partial charge in [0.15, 0.2) is 0 Å². The second-order valence-electron chi connectivity index (χ2n) is 11.2. The van der Waals surface area contributed by atoms with E-state index in [1.807, 2.05) is 26.0 Å². The van der Waals surface area contributed by atoms with Crippen LogP contribution in [-0.2, 0) is 19.7 Å². The molecule has 6 aromatic rings. The molecule has 0 atom stereocenters. The molecule has 6 rings (SSSR count). The predicted molar refractivity (Wildman–Crippen MR) is 187 cm³/mol. The van der Waals surface area contributed by atoms with Crippen molar-refractivity contribution in [1.82, 2.24) is 0 Å². The van der Waals surface area contributed by atoms with Gasteiger partial charge in [0, 0.05) is 11.4 Å². The first-order chi connectivity index (χ1) is 22.9. The first-order valence-corrected chi connectivity index (χ1v) is 17.9. The van der Waals surface area contributed by atoms with Gasteiger partial charge >= 0.3 is 0 Å². The van der Waals surface area contributed by atoms with E-state index in [0.717, 1.165) is 22.3 Å². The van der Waals surface area contributed by atoms with Gasteiger partial charge in [-0.3, -0.25) is 0 Å². The number of hydrogen-bond acceptors (Lipinski definition) is 8. The highest BCUT2D eigenvalue weighted by molar-refractivity contribution is 7.91. The lowest BCUT2D eigenvalue weighted by molar-refractivity contribution is 0.481. The van der Waals surface area contributed by atoms with Crippen molar-refractivity contribution in [2.75, 3.05) is 11.5 Å². The third kappa shape index (κ3) is 6.76. The minimum absolute atomic E-state index is 0.130. The molecule has 48 heavy (non-hydrogen) atoms. The number of aryl methyl sites for hydroxylation is 2. The monoisotopic (exact) mass is 676 g/mol. The van der Waals surface area contributed by atoms with Crippen LogP contribution in [0.1, 0.15) is 11.1 Å². The predicted octanol–water partition coefficient (Wildman–Crippen LogP) is 8.39. The lowest BCUT2D eigenvalue weighted by Gasteiger charge is -2.10. The highest BCUT2D eigenvalue weighted by Gasteiger charge is 2.20. The maximum absolute atomic E-state index is 13.3. The highest BCUT2D eigenvalue weighted by Crippen LogP contribution is 2.31. The van der Waals surface area contributed by atoms with Crippen molar-refractivity contribution in [3.05, 3.63) is 145 Å². The number of hydrogen-bond donors (Lipinski definition) is 2. The number of nitrogens with two attached hydrogens (primary N) is 2. The van der Waals surface area contributed by atoms with E-state index in [9.17, 15) is 16.8 Å². The minimum atomic E-state index is -3.79. The zero-order valence-electron chi connectivity index (χ0n) is 26.1. The molecule has 0 aliphatic heterocycles. The van der Waals surface area contributed by atoms with Crippen LogP contribution >= 0.6 is 0 Å². The van der Waals surface area contributed by atoms with Crippen LogP contribution in [0.3, 0.4) is 0 Å². The van der Waals surface area contributed by atoms with Crippen LogP contribution < -0.4 is 20.9 Å². The molecule has 0 bridgehead atoms. The van der Waals surface area contributed by atoms with Gasteiger partial charge < -0.3 is 20.9 Å². The van der Waals surface area contributed by atoms with Gasteiger partial charge in [-0.2, -0.15) is 0 Å². The molecule has 4 N–H and O–H groups in total. The molecule has 0 amide bonds. The van der Waals surface area contributed by atoms with Crippen molar-refractivity contribution in [2.24, 2.45) is 0 Å². The van der Waals surface area contributed by atoms with Crippen LogP contribution in [0, 0.1) is 13.8 Å². The summed E-state index contributed by atoms with van der Waals surface area (Å²) in [6.07, 6.45) is 0. The van der Waals surface area contributed by atoms with Crippen molar-refractivity contribution >= 4 is 31.0 Å². The molecule has 0 spiro atoms. The van der Waals surface area contributed by atoms with Gasteiger partial charge in [0.2, 0.25) is 19.7 Å². The van der Waals surface area contributed by atoms with Crippen molar-refractivity contribution in [1.29, 1.82) is 0 Å². The number of ether oxygens (including phenoxy) is 2. The van der Waals surface area contributed by atoms with E-state index >= 15 is 0 Å². The van der Waals surface area contributed by atoms with Crippen LogP contribution in [0.2, 0.25) is 0 Å². The summed E-state index contributed by atoms with van der Waals surface area (Å²) in [6, 6.07) is 36.0. The molecule has 8 nitrogen and oxygen atoms in total. The van der Waals surface area contributed by atoms with E-state index in [0.29, 0.717) is 34.4 Å². The Morgan fingerprint density at radius 1 is 0.396 bits per heavy atom. The topological polar surface area (TPSA) is 139 Å². The fourth-order valence-corrected chi connectivity index (χ4v) is 7.52. The maximum Gasteiger partial charge on any atom is 0.206 e. The summed E-state index contributed by atoms with van der Waals surface area (Å²) in [5, 5.41) is 0. The third-order valence-electron chi connectivity index (χ3n) is 7.88. The van der Waals surface area contributed by atoms with Crippen molar-refractivity contribution in [3.63, 3.8) is 0 Å². The molecule has 0 unspecified atom stereocenters. The molecular weight excluding hydrogens is 645 g/mol. The molecule has 0 aromatic heterocycles. The average molecular weight is 677 g/mol. The number of benzene rings is 6. The molecule has 6 aromatic carbocycles. The fraction of sp³-hybridized carbons (Fsp3) is 0.0526. The average Bonchev–Trinajstić information content (AvgIpc) is 3.09. The van der Waals surface area contributed by atoms with Gasteiger partial charge in [0.05, 0.1) is 19.6 Å². The molecule has 0 aliphatic carbocycles. The maximum atomic E-state index is 13.3. The number of sulfone groups is 2. The lowest BCUT2D eigenvalue weighted by atomic mass is 10.1. The lowest BCUT2D eigenvalue weighted by Crippen LogP contribution is -2.02. The summed E-state index contributed by atoms with van der Waals surface area (Å²) in [7, 11) is -7.57. The van der Waals surface area contributed by atoms with Gasteiger partial charge in [-0.1, -0.05) is 24.3 Å². The van der Waals surface area contributed by atoms with Gasteiger partial charge in [-0.25, -0.2) is 16.8 Å². The molecule has 0 fully saturated rings. The van der Waals surface area contributed by atoms with E-state index < -0.39 is 19.7 Å². The summed E-state index contributed by atoms with van der Waals surface area (Å²) in [4.78, 5) is 0.524. The number of nitrogen functional groups attached to an aromatic ring is 2. The Balaban J connectivity index is 1.13. The second kappa shape index (κ2) is 12.9. The fourth-order valence-electron chi connectivity index (χ4n) is 4.99. The summed E-state index contributed by atoms with van der Waals surface area (Å²) in [5.74, 6) is 2.19. The summed E-state index contributed by atoms with van der Waals surface area (Å²) < 4.78 is 65.0. The Bertz CT molecular complexity index is 2150. The largest absolute Gasteiger partial charge is 0.457 e. The Morgan fingerprint density at radius 2 is 0.667 bits per heavy atom. The van der Waals surface area contributed by atoms with Crippen LogP contribution in [0.15, 0.2) is 153 Å². The van der Waals surface area contributed by atoms with Crippen molar-refractivity contribution < 1.29 is 26.3 Å². The zero-order valence-corrected chi connectivity index (χ0v) is 27.8. The van der Waals surface area contributed by atoms with Gasteiger partial charge in [0.1, 0.15) is 23.0 Å². The Hall–Kier alpha value is -5.58. The van der Waals surface area contributed by atoms with Crippen LogP contribution in [0.5, 0.6) is 23.0 Å². The summed E-state index contributed by atoms with van der Waals surface area (Å²) >= 11 is 0. The van der Waals surface area contributed by atoms with Gasteiger partial charge in [-0.15, -0.1) is 0 Å². The second-order valence-corrected chi connectivity index (χ2v) is 15.1. The van der Waals surface area contributed by atoms with E-state index in [2.05, 4.69) is 0 Å². The van der Waals surface area contributed by atoms with Crippen LogP contribution in [0.4, 0.5) is 11.4 Å². The molecule has 0 saturated carbocycles. The molecule has 0 radical (unpaired) electrons. The SMILES string of the molecule is Cc1cc(Oc2ccc(S(=O)(=O)c3ccc(-c4ccc(S(=O)(=O)c5ccc(Oc6ccc(N)c(C)c6)cc5)cc4)cc3)cc2)ccc1N. The van der Waals surface area contributed by atoms with Gasteiger partial charge in [-0.05, 0) is 145 Å². The standard InChI is InChI=1S/C38H32N2O6S2/c1-25-23-31(11-21-37(25)39)45-29-7-17-35(18-8-29)47(41,42)33-13-3-27(4-14-33)28-5-15-34(16-6-28)48(43,44)36-19-9-30(10-20-36)46-32-12-22-38(40)26(2)24-32/h3-24H,39-40H2,1-2H3. The Kier molecular flexibility index (Phi) is 8.70. The Labute approximate surface area is 280 Å². The van der Waals surface area contributed by atoms with Crippen LogP contribution in [0.25, 0.3) is 11.1 Å². The highest BCUT2D eigenvalue weighted by atomic mass is 32.2. The first-order valence-electron chi connectivity index (χ1n) is 14.9. The quantitative estimate of drug-likeness (QED) is 0.146. The van der Waals surface area contributed by atoms with E-state index in [1.165, 1.54) is 48.5 Å². The molecule has 242 valence electrons. The third-order valence-corrected chi connectivity index (χ3v) is 11.5. The minimum Gasteiger partial charge on any atom is -0.457 e. The smallest absolute Gasteiger partial charge is 0.206 e. The molecule has 10 heteroatoms. The molecule has 0 aliphatic rings. The molecular formula is C38H32N2O6S2. The summed E-state index contributed by atoms with van der Waals surface area (Å²) in [5.41, 5.74) is 16.3. The van der Waals surface area contributed by atoms with Gasteiger partial charge in [0.25, 0.3) is 0 Å². The van der Waals surface area contributed by atoms with Crippen molar-refractivity contribution in [2.45, 2.75) is 33.4 Å². The van der Waals surface area contributed by atoms with E-state index in [-0.39, 0.29) is 19.6 Å². The first kappa shape index (κ1) is 32.4. The zero-order chi connectivity index (χ0) is 34.1. The van der Waals surface area contributed by atoms with Crippen LogP contribution in [-0.4, -0.2) is 16.8 Å². The normalized spacial score (nSPS) is 11.6. The molecule has 0 heterocycles. The van der Waals surface area contributed by atoms with E-state index in [1.54, 1.807) is 72.8 Å². The number of rotatable bonds is 9.